The Kier molecular flexibility index (Phi) is 10.7. The second-order valence-electron chi connectivity index (χ2n) is 7.07. The minimum absolute atomic E-state index is 0.0833. The summed E-state index contributed by atoms with van der Waals surface area (Å²) in [5.74, 6) is 1.76. The molecular weight excluding hydrogens is 576 g/mol. The van der Waals surface area contributed by atoms with Gasteiger partial charge in [-0.1, -0.05) is 54.6 Å². The molecule has 0 saturated carbocycles. The molecule has 0 aliphatic carbocycles. The van der Waals surface area contributed by atoms with Gasteiger partial charge in [-0.15, -0.1) is 0 Å². The Morgan fingerprint density at radius 3 is 1.09 bits per heavy atom. The molecule has 0 saturated heterocycles. The van der Waals surface area contributed by atoms with Crippen LogP contribution in [0.25, 0.3) is 0 Å². The Bertz CT molecular complexity index is 1140. The predicted molar refractivity (Wildman–Crippen MR) is 164 cm³/mol. The standard InChI is InChI=1S/C24H21O4PS6/c1-16-10-4-7-13-19(16)26-22(30)33-29(25,34-23(31)27-20-14-8-5-11-17(20)2)35-24(32)28-21-15-9-6-12-18(21)3/h4-15H,1-3H3. The van der Waals surface area contributed by atoms with Crippen molar-refractivity contribution in [2.24, 2.45) is 0 Å². The lowest BCUT2D eigenvalue weighted by Crippen LogP contribution is -2.05. The van der Waals surface area contributed by atoms with Crippen molar-refractivity contribution in [2.75, 3.05) is 0 Å². The van der Waals surface area contributed by atoms with E-state index in [4.69, 9.17) is 50.9 Å². The van der Waals surface area contributed by atoms with Gasteiger partial charge in [-0.3, -0.25) is 4.57 Å². The third-order valence-corrected chi connectivity index (χ3v) is 15.4. The van der Waals surface area contributed by atoms with E-state index in [1.807, 2.05) is 75.4 Å². The Balaban J connectivity index is 1.77. The molecule has 0 N–H and O–H groups in total. The minimum Gasteiger partial charge on any atom is -0.439 e. The molecule has 182 valence electrons. The number of aryl methyl sites for hydroxylation is 3. The average molecular weight is 597 g/mol. The molecule has 0 unspecified atom stereocenters. The van der Waals surface area contributed by atoms with Crippen molar-refractivity contribution in [3.63, 3.8) is 0 Å². The maximum absolute atomic E-state index is 14.1. The molecule has 0 bridgehead atoms. The van der Waals surface area contributed by atoms with Gasteiger partial charge in [-0.05, 0) is 92.3 Å². The molecule has 0 aliphatic heterocycles. The van der Waals surface area contributed by atoms with Crippen LogP contribution >= 0.6 is 75.5 Å². The Morgan fingerprint density at radius 2 is 0.829 bits per heavy atom. The van der Waals surface area contributed by atoms with Gasteiger partial charge in [0.1, 0.15) is 17.2 Å². The molecule has 3 rings (SSSR count). The fraction of sp³-hybridized carbons (Fsp3) is 0.125. The van der Waals surface area contributed by atoms with Crippen LogP contribution in [0.1, 0.15) is 16.7 Å². The zero-order chi connectivity index (χ0) is 25.4. The smallest absolute Gasteiger partial charge is 0.268 e. The van der Waals surface area contributed by atoms with Crippen molar-refractivity contribution >= 4 is 88.7 Å². The van der Waals surface area contributed by atoms with E-state index in [2.05, 4.69) is 0 Å². The zero-order valence-electron chi connectivity index (χ0n) is 19.0. The van der Waals surface area contributed by atoms with Gasteiger partial charge in [0, 0.05) is 34.1 Å². The number of rotatable bonds is 6. The van der Waals surface area contributed by atoms with Crippen LogP contribution in [0.15, 0.2) is 72.8 Å². The van der Waals surface area contributed by atoms with Crippen molar-refractivity contribution in [1.29, 1.82) is 0 Å². The first-order chi connectivity index (χ1) is 16.6. The number of benzene rings is 3. The molecule has 35 heavy (non-hydrogen) atoms. The normalized spacial score (nSPS) is 10.9. The first kappa shape index (κ1) is 28.2. The molecule has 3 aromatic carbocycles. The van der Waals surface area contributed by atoms with Crippen molar-refractivity contribution in [2.45, 2.75) is 20.8 Å². The lowest BCUT2D eigenvalue weighted by molar-refractivity contribution is 0.573. The van der Waals surface area contributed by atoms with Crippen molar-refractivity contribution < 1.29 is 18.8 Å². The van der Waals surface area contributed by atoms with Crippen LogP contribution in [0.2, 0.25) is 0 Å². The Labute approximate surface area is 233 Å². The third-order valence-electron chi connectivity index (χ3n) is 4.42. The number of para-hydroxylation sites is 3. The van der Waals surface area contributed by atoms with Gasteiger partial charge >= 0.3 is 0 Å². The monoisotopic (exact) mass is 596 g/mol. The highest BCUT2D eigenvalue weighted by atomic mass is 33.4. The van der Waals surface area contributed by atoms with E-state index in [-0.39, 0.29) is 13.1 Å². The van der Waals surface area contributed by atoms with Gasteiger partial charge in [0.2, 0.25) is 13.1 Å². The molecule has 4 nitrogen and oxygen atoms in total. The summed E-state index contributed by atoms with van der Waals surface area (Å²) in [6, 6.07) is 22.3. The molecule has 0 aliphatic rings. The first-order valence-corrected chi connectivity index (χ1v) is 17.4. The van der Waals surface area contributed by atoms with Crippen LogP contribution in [0.4, 0.5) is 0 Å². The number of ether oxygens (including phenoxy) is 3. The van der Waals surface area contributed by atoms with E-state index in [9.17, 15) is 4.57 Å². The van der Waals surface area contributed by atoms with Crippen molar-refractivity contribution in [1.82, 2.24) is 0 Å². The highest BCUT2D eigenvalue weighted by molar-refractivity contribution is 9.21. The molecule has 0 atom stereocenters. The van der Waals surface area contributed by atoms with Crippen LogP contribution in [-0.4, -0.2) is 13.1 Å². The summed E-state index contributed by atoms with van der Waals surface area (Å²) in [6.07, 6.45) is 0. The summed E-state index contributed by atoms with van der Waals surface area (Å²) in [7, 11) is 0. The molecule has 3 aromatic rings. The van der Waals surface area contributed by atoms with E-state index in [0.29, 0.717) is 17.2 Å². The highest BCUT2D eigenvalue weighted by Gasteiger charge is 2.34. The van der Waals surface area contributed by atoms with Crippen LogP contribution in [-0.2, 0) is 4.57 Å². The molecule has 0 fully saturated rings. The summed E-state index contributed by atoms with van der Waals surface area (Å²) >= 11 is 18.9. The van der Waals surface area contributed by atoms with Gasteiger partial charge in [0.15, 0.2) is 0 Å². The maximum atomic E-state index is 14.1. The second-order valence-corrected chi connectivity index (χ2v) is 19.9. The van der Waals surface area contributed by atoms with Crippen molar-refractivity contribution in [3.05, 3.63) is 89.5 Å². The molecule has 0 spiro atoms. The van der Waals surface area contributed by atoms with Crippen LogP contribution < -0.4 is 14.2 Å². The second kappa shape index (κ2) is 13.2. The van der Waals surface area contributed by atoms with E-state index < -0.39 is 4.75 Å². The fourth-order valence-electron chi connectivity index (χ4n) is 2.67. The fourth-order valence-corrected chi connectivity index (χ4v) is 16.3. The Morgan fingerprint density at radius 1 is 0.571 bits per heavy atom. The molecule has 11 heteroatoms. The summed E-state index contributed by atoms with van der Waals surface area (Å²) < 4.78 is 28.3. The summed E-state index contributed by atoms with van der Waals surface area (Å²) in [5.41, 5.74) is 2.72. The molecular formula is C24H21O4PS6. The van der Waals surface area contributed by atoms with Gasteiger partial charge in [0.05, 0.1) is 0 Å². The predicted octanol–water partition coefficient (Wildman–Crippen LogP) is 9.31. The van der Waals surface area contributed by atoms with E-state index in [0.717, 1.165) is 50.8 Å². The highest BCUT2D eigenvalue weighted by Crippen LogP contribution is 2.78. The third kappa shape index (κ3) is 8.89. The molecule has 0 aromatic heterocycles. The van der Waals surface area contributed by atoms with Gasteiger partial charge in [0.25, 0.3) is 4.75 Å². The largest absolute Gasteiger partial charge is 0.439 e. The number of hydrogen-bond donors (Lipinski definition) is 0. The zero-order valence-corrected chi connectivity index (χ0v) is 24.8. The summed E-state index contributed by atoms with van der Waals surface area (Å²) in [4.78, 5) is 0. The molecule has 0 heterocycles. The van der Waals surface area contributed by atoms with Gasteiger partial charge in [-0.2, -0.15) is 0 Å². The van der Waals surface area contributed by atoms with E-state index >= 15 is 0 Å². The maximum Gasteiger partial charge on any atom is 0.268 e. The van der Waals surface area contributed by atoms with Crippen LogP contribution in [0.3, 0.4) is 0 Å². The van der Waals surface area contributed by atoms with E-state index in [1.54, 1.807) is 18.2 Å². The van der Waals surface area contributed by atoms with Gasteiger partial charge in [-0.25, -0.2) is 0 Å². The first-order valence-electron chi connectivity index (χ1n) is 10.2. The quantitative estimate of drug-likeness (QED) is 0.203. The lowest BCUT2D eigenvalue weighted by Gasteiger charge is -2.18. The lowest BCUT2D eigenvalue weighted by atomic mass is 10.2. The summed E-state index contributed by atoms with van der Waals surface area (Å²) in [6.45, 7) is 5.71. The van der Waals surface area contributed by atoms with Crippen LogP contribution in [0, 0.1) is 20.8 Å². The van der Waals surface area contributed by atoms with Crippen LogP contribution in [0.5, 0.6) is 17.2 Å². The van der Waals surface area contributed by atoms with Crippen molar-refractivity contribution in [3.8, 4) is 17.2 Å². The molecule has 0 radical (unpaired) electrons. The minimum atomic E-state index is -3.39. The summed E-state index contributed by atoms with van der Waals surface area (Å²) in [5, 5.41) is 0. The number of thiocarbonyl (C=S) groups is 3. The van der Waals surface area contributed by atoms with E-state index in [1.165, 1.54) is 0 Å². The molecule has 0 amide bonds. The SMILES string of the molecule is Cc1ccccc1OC(=S)SP(=O)(SC(=S)Oc1ccccc1C)SC(=S)Oc1ccccc1C. The topological polar surface area (TPSA) is 44.8 Å². The Hall–Kier alpha value is -1.39. The van der Waals surface area contributed by atoms with Gasteiger partial charge < -0.3 is 14.2 Å². The number of hydrogen-bond acceptors (Lipinski definition) is 10. The average Bonchev–Trinajstić information content (AvgIpc) is 2.78.